The summed E-state index contributed by atoms with van der Waals surface area (Å²) >= 11 is 0. The molecule has 2 aromatic rings. The minimum absolute atomic E-state index is 0.201. The molecule has 1 amide bonds. The molecular weight excluding hydrogens is 386 g/mol. The van der Waals surface area contributed by atoms with Gasteiger partial charge in [0.25, 0.3) is 5.91 Å². The Morgan fingerprint density at radius 1 is 0.897 bits per heavy atom. The standard InChI is InChI=1S/C22H29N3O3S/c1-15-12-17(3)21(18(4)13-15)23-22(26)19-7-6-16(2)20(14-19)29(27,28)25-10-8-24(5)9-11-25/h6-7,12-14H,8-11H2,1-5H3,(H,23,26). The van der Waals surface area contributed by atoms with Crippen LogP contribution in [0.3, 0.4) is 0 Å². The average Bonchev–Trinajstić information content (AvgIpc) is 2.65. The van der Waals surface area contributed by atoms with Crippen LogP contribution in [-0.2, 0) is 10.0 Å². The van der Waals surface area contributed by atoms with Crippen molar-refractivity contribution in [2.45, 2.75) is 32.6 Å². The molecule has 1 N–H and O–H groups in total. The lowest BCUT2D eigenvalue weighted by molar-refractivity contribution is 0.102. The van der Waals surface area contributed by atoms with Crippen LogP contribution in [0.4, 0.5) is 5.69 Å². The van der Waals surface area contributed by atoms with Crippen LogP contribution in [0.2, 0.25) is 0 Å². The molecule has 0 unspecified atom stereocenters. The lowest BCUT2D eigenvalue weighted by atomic mass is 10.0. The maximum Gasteiger partial charge on any atom is 0.255 e. The number of benzene rings is 2. The molecular formula is C22H29N3O3S. The van der Waals surface area contributed by atoms with Gasteiger partial charge in [0.15, 0.2) is 0 Å². The maximum atomic E-state index is 13.2. The summed E-state index contributed by atoms with van der Waals surface area (Å²) in [6.07, 6.45) is 0. The number of nitrogens with one attached hydrogen (secondary N) is 1. The second-order valence-electron chi connectivity index (χ2n) is 7.92. The highest BCUT2D eigenvalue weighted by Gasteiger charge is 2.29. The van der Waals surface area contributed by atoms with E-state index in [1.54, 1.807) is 19.1 Å². The molecule has 2 aromatic carbocycles. The third-order valence-corrected chi connectivity index (χ3v) is 7.49. The van der Waals surface area contributed by atoms with E-state index in [9.17, 15) is 13.2 Å². The Morgan fingerprint density at radius 2 is 1.48 bits per heavy atom. The highest BCUT2D eigenvalue weighted by molar-refractivity contribution is 7.89. The van der Waals surface area contributed by atoms with Gasteiger partial charge in [-0.3, -0.25) is 4.79 Å². The summed E-state index contributed by atoms with van der Waals surface area (Å²) in [5.74, 6) is -0.310. The van der Waals surface area contributed by atoms with Gasteiger partial charge < -0.3 is 10.2 Å². The van der Waals surface area contributed by atoms with Crippen LogP contribution in [-0.4, -0.2) is 56.8 Å². The molecule has 0 saturated carbocycles. The van der Waals surface area contributed by atoms with Crippen molar-refractivity contribution < 1.29 is 13.2 Å². The molecule has 1 fully saturated rings. The predicted octanol–water partition coefficient (Wildman–Crippen LogP) is 3.11. The summed E-state index contributed by atoms with van der Waals surface area (Å²) in [4.78, 5) is 15.2. The zero-order valence-electron chi connectivity index (χ0n) is 17.7. The van der Waals surface area contributed by atoms with E-state index in [1.807, 2.05) is 40.0 Å². The molecule has 0 atom stereocenters. The van der Waals surface area contributed by atoms with E-state index in [-0.39, 0.29) is 10.8 Å². The second kappa shape index (κ2) is 8.26. The largest absolute Gasteiger partial charge is 0.322 e. The molecule has 0 spiro atoms. The third-order valence-electron chi connectivity index (χ3n) is 5.45. The highest BCUT2D eigenvalue weighted by atomic mass is 32.2. The number of carbonyl (C=O) groups is 1. The van der Waals surface area contributed by atoms with Gasteiger partial charge in [0.05, 0.1) is 4.90 Å². The lowest BCUT2D eigenvalue weighted by Gasteiger charge is -2.32. The average molecular weight is 416 g/mol. The number of sulfonamides is 1. The monoisotopic (exact) mass is 415 g/mol. The van der Waals surface area contributed by atoms with Crippen molar-refractivity contribution in [3.63, 3.8) is 0 Å². The zero-order valence-corrected chi connectivity index (χ0v) is 18.6. The van der Waals surface area contributed by atoms with Gasteiger partial charge in [-0.2, -0.15) is 4.31 Å². The normalized spacial score (nSPS) is 16.0. The Kier molecular flexibility index (Phi) is 6.12. The first kappa shape index (κ1) is 21.5. The van der Waals surface area contributed by atoms with Gasteiger partial charge in [-0.15, -0.1) is 0 Å². The number of nitrogens with zero attached hydrogens (tertiary/aromatic N) is 2. The molecule has 1 aliphatic rings. The van der Waals surface area contributed by atoms with E-state index in [0.29, 0.717) is 37.3 Å². The SMILES string of the molecule is Cc1cc(C)c(NC(=O)c2ccc(C)c(S(=O)(=O)N3CCN(C)CC3)c2)c(C)c1. The van der Waals surface area contributed by atoms with Crippen LogP contribution in [0.1, 0.15) is 32.6 Å². The van der Waals surface area contributed by atoms with E-state index in [0.717, 1.165) is 22.4 Å². The molecule has 0 aromatic heterocycles. The van der Waals surface area contributed by atoms with Gasteiger partial charge in [-0.1, -0.05) is 23.8 Å². The van der Waals surface area contributed by atoms with Gasteiger partial charge in [-0.05, 0) is 63.6 Å². The molecule has 6 nitrogen and oxygen atoms in total. The van der Waals surface area contributed by atoms with E-state index >= 15 is 0 Å². The van der Waals surface area contributed by atoms with Crippen molar-refractivity contribution in [1.29, 1.82) is 0 Å². The summed E-state index contributed by atoms with van der Waals surface area (Å²) in [6.45, 7) is 9.99. The molecule has 156 valence electrons. The number of anilines is 1. The first-order valence-corrected chi connectivity index (χ1v) is 11.2. The molecule has 0 radical (unpaired) electrons. The van der Waals surface area contributed by atoms with Crippen LogP contribution in [0.15, 0.2) is 35.2 Å². The number of piperazine rings is 1. The lowest BCUT2D eigenvalue weighted by Crippen LogP contribution is -2.47. The fourth-order valence-corrected chi connectivity index (χ4v) is 5.42. The van der Waals surface area contributed by atoms with E-state index < -0.39 is 10.0 Å². The van der Waals surface area contributed by atoms with Gasteiger partial charge in [0.2, 0.25) is 10.0 Å². The summed E-state index contributed by atoms with van der Waals surface area (Å²) in [5, 5.41) is 2.95. The van der Waals surface area contributed by atoms with E-state index in [4.69, 9.17) is 0 Å². The molecule has 3 rings (SSSR count). The second-order valence-corrected chi connectivity index (χ2v) is 9.82. The highest BCUT2D eigenvalue weighted by Crippen LogP contribution is 2.25. The van der Waals surface area contributed by atoms with Crippen molar-refractivity contribution in [2.24, 2.45) is 0 Å². The quantitative estimate of drug-likeness (QED) is 0.833. The van der Waals surface area contributed by atoms with Crippen molar-refractivity contribution in [3.05, 3.63) is 58.1 Å². The van der Waals surface area contributed by atoms with Crippen LogP contribution in [0, 0.1) is 27.7 Å². The third kappa shape index (κ3) is 4.52. The van der Waals surface area contributed by atoms with Crippen molar-refractivity contribution in [3.8, 4) is 0 Å². The number of rotatable bonds is 4. The fraction of sp³-hybridized carbons (Fsp3) is 0.409. The molecule has 0 aliphatic carbocycles. The number of hydrogen-bond acceptors (Lipinski definition) is 4. The van der Waals surface area contributed by atoms with Crippen LogP contribution in [0.5, 0.6) is 0 Å². The Labute approximate surface area is 173 Å². The number of carbonyl (C=O) groups excluding carboxylic acids is 1. The van der Waals surface area contributed by atoms with Crippen LogP contribution < -0.4 is 5.32 Å². The minimum Gasteiger partial charge on any atom is -0.322 e. The maximum absolute atomic E-state index is 13.2. The minimum atomic E-state index is -3.64. The Hall–Kier alpha value is -2.22. The van der Waals surface area contributed by atoms with Crippen LogP contribution in [0.25, 0.3) is 0 Å². The van der Waals surface area contributed by atoms with Crippen molar-refractivity contribution in [2.75, 3.05) is 38.5 Å². The first-order valence-electron chi connectivity index (χ1n) is 9.78. The Bertz CT molecular complexity index is 1020. The molecule has 1 aliphatic heterocycles. The summed E-state index contributed by atoms with van der Waals surface area (Å²) in [5.41, 5.74) is 4.84. The smallest absolute Gasteiger partial charge is 0.255 e. The van der Waals surface area contributed by atoms with Crippen molar-refractivity contribution >= 4 is 21.6 Å². The van der Waals surface area contributed by atoms with E-state index in [1.165, 1.54) is 10.4 Å². The molecule has 0 bridgehead atoms. The molecule has 29 heavy (non-hydrogen) atoms. The number of hydrogen-bond donors (Lipinski definition) is 1. The van der Waals surface area contributed by atoms with Gasteiger partial charge in [-0.25, -0.2) is 8.42 Å². The summed E-state index contributed by atoms with van der Waals surface area (Å²) in [6, 6.07) is 8.90. The first-order chi connectivity index (χ1) is 13.6. The van der Waals surface area contributed by atoms with Gasteiger partial charge in [0, 0.05) is 37.4 Å². The summed E-state index contributed by atoms with van der Waals surface area (Å²) < 4.78 is 27.8. The van der Waals surface area contributed by atoms with Crippen molar-refractivity contribution in [1.82, 2.24) is 9.21 Å². The number of amides is 1. The summed E-state index contributed by atoms with van der Waals surface area (Å²) in [7, 11) is -1.66. The molecule has 7 heteroatoms. The molecule has 1 saturated heterocycles. The Morgan fingerprint density at radius 3 is 2.07 bits per heavy atom. The molecule has 1 heterocycles. The fourth-order valence-electron chi connectivity index (χ4n) is 3.75. The van der Waals surface area contributed by atoms with Crippen LogP contribution >= 0.6 is 0 Å². The Balaban J connectivity index is 1.90. The van der Waals surface area contributed by atoms with Gasteiger partial charge >= 0.3 is 0 Å². The topological polar surface area (TPSA) is 69.7 Å². The zero-order chi connectivity index (χ0) is 21.3. The number of aryl methyl sites for hydroxylation is 4. The predicted molar refractivity (Wildman–Crippen MR) is 116 cm³/mol. The van der Waals surface area contributed by atoms with Gasteiger partial charge in [0.1, 0.15) is 0 Å². The number of likely N-dealkylation sites (N-methyl/N-ethyl adjacent to an activating group) is 1. The van der Waals surface area contributed by atoms with E-state index in [2.05, 4.69) is 10.2 Å².